The van der Waals surface area contributed by atoms with E-state index in [1.807, 2.05) is 0 Å². The summed E-state index contributed by atoms with van der Waals surface area (Å²) in [5.74, 6) is -0.0821. The van der Waals surface area contributed by atoms with Crippen LogP contribution in [0.2, 0.25) is 0 Å². The second-order valence-electron chi connectivity index (χ2n) is 7.15. The largest absolute Gasteiger partial charge is 0.459 e. The van der Waals surface area contributed by atoms with E-state index >= 15 is 0 Å². The fourth-order valence-electron chi connectivity index (χ4n) is 3.97. The molecule has 138 valence electrons. The minimum absolute atomic E-state index is 0.0361. The van der Waals surface area contributed by atoms with E-state index in [0.717, 1.165) is 44.1 Å². The van der Waals surface area contributed by atoms with Crippen molar-refractivity contribution in [3.05, 3.63) is 40.2 Å². The average molecular weight is 372 g/mol. The van der Waals surface area contributed by atoms with Crippen molar-refractivity contribution in [3.8, 4) is 0 Å². The van der Waals surface area contributed by atoms with Crippen LogP contribution in [0.5, 0.6) is 0 Å². The maximum Gasteiger partial charge on any atom is 0.291 e. The molecule has 1 saturated carbocycles. The Labute approximate surface area is 157 Å². The summed E-state index contributed by atoms with van der Waals surface area (Å²) in [5, 5.41) is 6.78. The van der Waals surface area contributed by atoms with Gasteiger partial charge in [0.1, 0.15) is 5.00 Å². The molecule has 2 N–H and O–H groups in total. The van der Waals surface area contributed by atoms with Gasteiger partial charge in [-0.1, -0.05) is 19.3 Å². The van der Waals surface area contributed by atoms with Crippen molar-refractivity contribution in [2.24, 2.45) is 0 Å². The molecule has 2 aliphatic rings. The zero-order valence-electron chi connectivity index (χ0n) is 14.8. The third-order valence-electron chi connectivity index (χ3n) is 5.31. The predicted molar refractivity (Wildman–Crippen MR) is 102 cm³/mol. The number of fused-ring (bicyclic) bond motifs is 1. The summed E-state index contributed by atoms with van der Waals surface area (Å²) < 4.78 is 5.18. The number of rotatable bonds is 4. The molecule has 6 heteroatoms. The molecule has 0 spiro atoms. The molecule has 2 aromatic rings. The second-order valence-corrected chi connectivity index (χ2v) is 8.26. The Morgan fingerprint density at radius 2 is 1.85 bits per heavy atom. The molecule has 0 aliphatic heterocycles. The van der Waals surface area contributed by atoms with Gasteiger partial charge in [-0.15, -0.1) is 11.3 Å². The zero-order chi connectivity index (χ0) is 17.9. The van der Waals surface area contributed by atoms with Crippen molar-refractivity contribution in [2.45, 2.75) is 63.8 Å². The first-order valence-electron chi connectivity index (χ1n) is 9.52. The van der Waals surface area contributed by atoms with Gasteiger partial charge in [-0.3, -0.25) is 9.59 Å². The third kappa shape index (κ3) is 3.56. The average Bonchev–Trinajstić information content (AvgIpc) is 3.30. The van der Waals surface area contributed by atoms with Crippen LogP contribution in [0.15, 0.2) is 22.8 Å². The Hall–Kier alpha value is -2.08. The van der Waals surface area contributed by atoms with E-state index in [2.05, 4.69) is 10.6 Å². The van der Waals surface area contributed by atoms with Crippen LogP contribution in [0, 0.1) is 0 Å². The van der Waals surface area contributed by atoms with Gasteiger partial charge in [-0.05, 0) is 56.2 Å². The van der Waals surface area contributed by atoms with Gasteiger partial charge in [0.15, 0.2) is 5.76 Å². The lowest BCUT2D eigenvalue weighted by Gasteiger charge is -2.23. The summed E-state index contributed by atoms with van der Waals surface area (Å²) in [4.78, 5) is 26.7. The number of thiophene rings is 1. The number of hydrogen-bond donors (Lipinski definition) is 2. The Morgan fingerprint density at radius 1 is 1.04 bits per heavy atom. The summed E-state index contributed by atoms with van der Waals surface area (Å²) in [6, 6.07) is 3.57. The van der Waals surface area contributed by atoms with E-state index in [9.17, 15) is 9.59 Å². The van der Waals surface area contributed by atoms with E-state index in [1.165, 1.54) is 30.4 Å². The van der Waals surface area contributed by atoms with Crippen LogP contribution in [0.25, 0.3) is 0 Å². The first kappa shape index (κ1) is 17.3. The maximum atomic E-state index is 13.1. The molecule has 2 aromatic heterocycles. The summed E-state index contributed by atoms with van der Waals surface area (Å²) in [6.07, 6.45) is 11.3. The topological polar surface area (TPSA) is 71.3 Å². The molecule has 2 heterocycles. The molecule has 0 aromatic carbocycles. The quantitative estimate of drug-likeness (QED) is 0.828. The monoisotopic (exact) mass is 372 g/mol. The lowest BCUT2D eigenvalue weighted by molar-refractivity contribution is 0.0928. The maximum absolute atomic E-state index is 13.1. The molecule has 0 bridgehead atoms. The SMILES string of the molecule is O=C(Nc1sc2c(c1C(=O)NC1CCCCC1)CCCC2)c1ccco1. The molecule has 5 nitrogen and oxygen atoms in total. The molecule has 0 radical (unpaired) electrons. The van der Waals surface area contributed by atoms with Crippen molar-refractivity contribution in [1.82, 2.24) is 5.32 Å². The third-order valence-corrected chi connectivity index (χ3v) is 6.52. The van der Waals surface area contributed by atoms with Gasteiger partial charge in [0.2, 0.25) is 0 Å². The Balaban J connectivity index is 1.59. The molecule has 0 unspecified atom stereocenters. The highest BCUT2D eigenvalue weighted by Gasteiger charge is 2.28. The molecule has 0 atom stereocenters. The number of carbonyl (C=O) groups excluding carboxylic acids is 2. The van der Waals surface area contributed by atoms with E-state index < -0.39 is 0 Å². The van der Waals surface area contributed by atoms with Crippen LogP contribution in [0.1, 0.15) is 76.3 Å². The fourth-order valence-corrected chi connectivity index (χ4v) is 5.25. The van der Waals surface area contributed by atoms with Crippen molar-refractivity contribution >= 4 is 28.2 Å². The smallest absolute Gasteiger partial charge is 0.291 e. The molecular formula is C20H24N2O3S. The second kappa shape index (κ2) is 7.66. The number of hydrogen-bond acceptors (Lipinski definition) is 4. The van der Waals surface area contributed by atoms with Gasteiger partial charge < -0.3 is 15.1 Å². The normalized spacial score (nSPS) is 17.5. The number of furan rings is 1. The number of nitrogens with one attached hydrogen (secondary N) is 2. The summed E-state index contributed by atoms with van der Waals surface area (Å²) in [6.45, 7) is 0. The van der Waals surface area contributed by atoms with E-state index in [1.54, 1.807) is 23.5 Å². The highest BCUT2D eigenvalue weighted by Crippen LogP contribution is 2.38. The highest BCUT2D eigenvalue weighted by molar-refractivity contribution is 7.17. The first-order valence-corrected chi connectivity index (χ1v) is 10.3. The molecule has 26 heavy (non-hydrogen) atoms. The Morgan fingerprint density at radius 3 is 2.62 bits per heavy atom. The predicted octanol–water partition coefficient (Wildman–Crippen LogP) is 4.53. The van der Waals surface area contributed by atoms with Crippen LogP contribution >= 0.6 is 11.3 Å². The van der Waals surface area contributed by atoms with Gasteiger partial charge in [-0.25, -0.2) is 0 Å². The van der Waals surface area contributed by atoms with Crippen molar-refractivity contribution < 1.29 is 14.0 Å². The standard InChI is InChI=1S/C20H24N2O3S/c23-18(15-10-6-12-25-15)22-20-17(14-9-4-5-11-16(14)26-20)19(24)21-13-7-2-1-3-8-13/h6,10,12-13H,1-5,7-9,11H2,(H,21,24)(H,22,23). The first-order chi connectivity index (χ1) is 12.7. The number of anilines is 1. The molecule has 4 rings (SSSR count). The van der Waals surface area contributed by atoms with Crippen LogP contribution < -0.4 is 10.6 Å². The van der Waals surface area contributed by atoms with E-state index in [-0.39, 0.29) is 23.6 Å². The van der Waals surface area contributed by atoms with E-state index in [0.29, 0.717) is 10.6 Å². The minimum atomic E-state index is -0.305. The molecular weight excluding hydrogens is 348 g/mol. The van der Waals surface area contributed by atoms with Gasteiger partial charge >= 0.3 is 0 Å². The zero-order valence-corrected chi connectivity index (χ0v) is 15.6. The summed E-state index contributed by atoms with van der Waals surface area (Å²) in [5.41, 5.74) is 1.81. The molecule has 1 fully saturated rings. The van der Waals surface area contributed by atoms with Gasteiger partial charge in [0, 0.05) is 10.9 Å². The van der Waals surface area contributed by atoms with Crippen molar-refractivity contribution in [1.29, 1.82) is 0 Å². The number of aryl methyl sites for hydroxylation is 1. The van der Waals surface area contributed by atoms with Crippen LogP contribution in [0.4, 0.5) is 5.00 Å². The minimum Gasteiger partial charge on any atom is -0.459 e. The van der Waals surface area contributed by atoms with Crippen LogP contribution in [-0.4, -0.2) is 17.9 Å². The summed E-state index contributed by atoms with van der Waals surface area (Å²) >= 11 is 1.54. The Kier molecular flexibility index (Phi) is 5.11. The lowest BCUT2D eigenvalue weighted by atomic mass is 9.93. The molecule has 0 saturated heterocycles. The van der Waals surface area contributed by atoms with Crippen LogP contribution in [-0.2, 0) is 12.8 Å². The van der Waals surface area contributed by atoms with Crippen LogP contribution in [0.3, 0.4) is 0 Å². The molecule has 2 amide bonds. The van der Waals surface area contributed by atoms with Crippen molar-refractivity contribution in [2.75, 3.05) is 5.32 Å². The number of amides is 2. The Bertz CT molecular complexity index is 788. The lowest BCUT2D eigenvalue weighted by Crippen LogP contribution is -2.37. The summed E-state index contributed by atoms with van der Waals surface area (Å²) in [7, 11) is 0. The number of carbonyl (C=O) groups is 2. The van der Waals surface area contributed by atoms with Gasteiger partial charge in [0.05, 0.1) is 11.8 Å². The van der Waals surface area contributed by atoms with Gasteiger partial charge in [-0.2, -0.15) is 0 Å². The highest BCUT2D eigenvalue weighted by atomic mass is 32.1. The fraction of sp³-hybridized carbons (Fsp3) is 0.500. The van der Waals surface area contributed by atoms with E-state index in [4.69, 9.17) is 4.42 Å². The molecule has 2 aliphatic carbocycles. The van der Waals surface area contributed by atoms with Crippen molar-refractivity contribution in [3.63, 3.8) is 0 Å². The van der Waals surface area contributed by atoms with Gasteiger partial charge in [0.25, 0.3) is 11.8 Å².